The first-order chi connectivity index (χ1) is 18.0. The molecule has 1 fully saturated rings. The Morgan fingerprint density at radius 3 is 2.71 bits per heavy atom. The Kier molecular flexibility index (Phi) is 8.17. The highest BCUT2D eigenvalue weighted by molar-refractivity contribution is 7.89. The monoisotopic (exact) mass is 559 g/mol. The Balaban J connectivity index is 1.33. The first-order valence-corrected chi connectivity index (χ1v) is 14.7. The van der Waals surface area contributed by atoms with Gasteiger partial charge in [-0.05, 0) is 18.2 Å². The molecule has 38 heavy (non-hydrogen) atoms. The Morgan fingerprint density at radius 1 is 1.24 bits per heavy atom. The zero-order valence-electron chi connectivity index (χ0n) is 21.2. The van der Waals surface area contributed by atoms with Gasteiger partial charge in [-0.3, -0.25) is 18.4 Å². The number of nitrogens with one attached hydrogen (secondary N) is 2. The van der Waals surface area contributed by atoms with E-state index in [0.717, 1.165) is 41.0 Å². The van der Waals surface area contributed by atoms with Crippen LogP contribution in [0.2, 0.25) is 0 Å². The van der Waals surface area contributed by atoms with Crippen molar-refractivity contribution in [2.24, 2.45) is 5.92 Å². The van der Waals surface area contributed by atoms with Crippen molar-refractivity contribution in [3.63, 3.8) is 0 Å². The molecule has 11 nitrogen and oxygen atoms in total. The van der Waals surface area contributed by atoms with Gasteiger partial charge in [0.2, 0.25) is 15.9 Å². The maximum absolute atomic E-state index is 12.3. The highest BCUT2D eigenvalue weighted by atomic mass is 32.2. The maximum Gasteiger partial charge on any atom is 0.302 e. The number of benzene rings is 1. The summed E-state index contributed by atoms with van der Waals surface area (Å²) in [5.41, 5.74) is 2.78. The number of hydrogen-bond acceptors (Lipinski definition) is 9. The number of carbonyl (C=O) groups excluding carboxylic acids is 3. The first-order valence-electron chi connectivity index (χ1n) is 11.9. The van der Waals surface area contributed by atoms with Gasteiger partial charge >= 0.3 is 5.97 Å². The molecule has 3 aromatic rings. The van der Waals surface area contributed by atoms with Crippen LogP contribution in [0, 0.1) is 5.92 Å². The summed E-state index contributed by atoms with van der Waals surface area (Å²) in [5, 5.41) is 7.38. The van der Waals surface area contributed by atoms with Gasteiger partial charge < -0.3 is 20.3 Å². The molecule has 1 aliphatic rings. The van der Waals surface area contributed by atoms with Crippen molar-refractivity contribution in [1.29, 1.82) is 0 Å². The van der Waals surface area contributed by atoms with Crippen LogP contribution in [0.3, 0.4) is 0 Å². The van der Waals surface area contributed by atoms with E-state index in [4.69, 9.17) is 4.74 Å². The lowest BCUT2D eigenvalue weighted by Gasteiger charge is -2.37. The summed E-state index contributed by atoms with van der Waals surface area (Å²) in [6.07, 6.45) is 4.17. The minimum absolute atomic E-state index is 0.0741. The molecule has 0 spiro atoms. The van der Waals surface area contributed by atoms with Crippen LogP contribution in [0.25, 0.3) is 11.3 Å². The molecule has 0 radical (unpaired) electrons. The molecular weight excluding hydrogens is 530 g/mol. The van der Waals surface area contributed by atoms with E-state index in [1.165, 1.54) is 36.7 Å². The number of anilines is 2. The lowest BCUT2D eigenvalue weighted by molar-refractivity contribution is -0.149. The van der Waals surface area contributed by atoms with Crippen molar-refractivity contribution in [3.8, 4) is 11.3 Å². The summed E-state index contributed by atoms with van der Waals surface area (Å²) in [6.45, 7) is 4.76. The van der Waals surface area contributed by atoms with Gasteiger partial charge in [0.05, 0.1) is 24.1 Å². The molecule has 2 aromatic heterocycles. The summed E-state index contributed by atoms with van der Waals surface area (Å²) in [7, 11) is -3.49. The number of aromatic nitrogens is 2. The van der Waals surface area contributed by atoms with Crippen LogP contribution in [-0.4, -0.2) is 67.2 Å². The number of hydrogen-bond donors (Lipinski definition) is 2. The lowest BCUT2D eigenvalue weighted by atomic mass is 9.95. The third-order valence-electron chi connectivity index (χ3n) is 6.12. The van der Waals surface area contributed by atoms with Crippen LogP contribution in [0.1, 0.15) is 30.6 Å². The van der Waals surface area contributed by atoms with Crippen molar-refractivity contribution in [2.45, 2.75) is 26.4 Å². The van der Waals surface area contributed by atoms with Crippen molar-refractivity contribution < 1.29 is 27.5 Å². The fraction of sp³-hybridized carbons (Fsp3) is 0.360. The van der Waals surface area contributed by atoms with Gasteiger partial charge in [0, 0.05) is 61.4 Å². The van der Waals surface area contributed by atoms with E-state index in [0.29, 0.717) is 10.8 Å². The van der Waals surface area contributed by atoms with E-state index in [1.54, 1.807) is 0 Å². The zero-order valence-corrected chi connectivity index (χ0v) is 22.8. The SMILES string of the molecule is CC(=O)O[C@H]1CCN(c2cccc(-c3csc(NC(=O)CNC(=O)c4ccn(S(C)(=O)=O)c4)n3)c2)C[C@@H]1C. The molecular formula is C25H29N5O6S2. The van der Waals surface area contributed by atoms with Gasteiger partial charge in [0.1, 0.15) is 6.10 Å². The largest absolute Gasteiger partial charge is 0.462 e. The molecule has 1 aromatic carbocycles. The van der Waals surface area contributed by atoms with Crippen molar-refractivity contribution in [1.82, 2.24) is 14.3 Å². The third kappa shape index (κ3) is 6.78. The average molecular weight is 560 g/mol. The molecule has 2 amide bonds. The van der Waals surface area contributed by atoms with E-state index in [2.05, 4.69) is 27.4 Å². The Bertz CT molecular complexity index is 1450. The highest BCUT2D eigenvalue weighted by Crippen LogP contribution is 2.30. The van der Waals surface area contributed by atoms with Crippen LogP contribution >= 0.6 is 11.3 Å². The standard InChI is InChI=1S/C25H29N5O6S2/c1-16-13-29(9-8-22(16)36-17(2)31)20-6-4-5-18(11-20)21-15-37-25(27-21)28-23(32)12-26-24(33)19-7-10-30(14-19)38(3,34)35/h4-7,10-11,14-16,22H,8-9,12-13H2,1-3H3,(H,26,33)(H,27,28,32)/t16-,22-/m0/s1. The Labute approximate surface area is 224 Å². The summed E-state index contributed by atoms with van der Waals surface area (Å²) in [6, 6.07) is 9.34. The van der Waals surface area contributed by atoms with Gasteiger partial charge in [-0.15, -0.1) is 11.3 Å². The average Bonchev–Trinajstić information content (AvgIpc) is 3.54. The number of rotatable bonds is 8. The normalized spacial score (nSPS) is 17.6. The molecule has 0 unspecified atom stereocenters. The van der Waals surface area contributed by atoms with Crippen LogP contribution < -0.4 is 15.5 Å². The first kappa shape index (κ1) is 27.3. The Hall–Kier alpha value is -3.71. The van der Waals surface area contributed by atoms with Crippen LogP contribution in [0.4, 0.5) is 10.8 Å². The number of piperidine rings is 1. The fourth-order valence-electron chi connectivity index (χ4n) is 4.22. The molecule has 202 valence electrons. The van der Waals surface area contributed by atoms with E-state index >= 15 is 0 Å². The molecule has 1 saturated heterocycles. The van der Waals surface area contributed by atoms with Gasteiger partial charge in [-0.1, -0.05) is 19.1 Å². The summed E-state index contributed by atoms with van der Waals surface area (Å²) in [4.78, 5) is 42.7. The summed E-state index contributed by atoms with van der Waals surface area (Å²) in [5.74, 6) is -1.07. The minimum Gasteiger partial charge on any atom is -0.462 e. The highest BCUT2D eigenvalue weighted by Gasteiger charge is 2.28. The van der Waals surface area contributed by atoms with E-state index in [-0.39, 0.29) is 30.1 Å². The number of thiazole rings is 1. The van der Waals surface area contributed by atoms with Crippen LogP contribution in [0.5, 0.6) is 0 Å². The second kappa shape index (κ2) is 11.4. The fourth-order valence-corrected chi connectivity index (χ4v) is 5.54. The summed E-state index contributed by atoms with van der Waals surface area (Å²) >= 11 is 1.27. The van der Waals surface area contributed by atoms with Crippen LogP contribution in [0.15, 0.2) is 48.1 Å². The van der Waals surface area contributed by atoms with Gasteiger partial charge in [-0.25, -0.2) is 13.4 Å². The third-order valence-corrected chi connectivity index (χ3v) is 7.87. The predicted octanol–water partition coefficient (Wildman–Crippen LogP) is 2.57. The molecule has 2 N–H and O–H groups in total. The maximum atomic E-state index is 12.3. The van der Waals surface area contributed by atoms with E-state index < -0.39 is 21.8 Å². The molecule has 13 heteroatoms. The van der Waals surface area contributed by atoms with Crippen molar-refractivity contribution in [2.75, 3.05) is 36.1 Å². The van der Waals surface area contributed by atoms with Crippen molar-refractivity contribution in [3.05, 3.63) is 53.7 Å². The van der Waals surface area contributed by atoms with Crippen molar-refractivity contribution >= 4 is 50.0 Å². The topological polar surface area (TPSA) is 140 Å². The molecule has 0 aliphatic carbocycles. The number of amides is 2. The quantitative estimate of drug-likeness (QED) is 0.402. The number of nitrogens with zero attached hydrogens (tertiary/aromatic N) is 3. The number of ether oxygens (including phenoxy) is 1. The van der Waals surface area contributed by atoms with E-state index in [9.17, 15) is 22.8 Å². The number of esters is 1. The smallest absolute Gasteiger partial charge is 0.302 e. The second-order valence-corrected chi connectivity index (χ2v) is 11.9. The van der Waals surface area contributed by atoms with Gasteiger partial charge in [0.15, 0.2) is 5.13 Å². The molecule has 0 saturated carbocycles. The molecule has 2 atom stereocenters. The van der Waals surface area contributed by atoms with E-state index in [1.807, 2.05) is 29.6 Å². The molecule has 4 rings (SSSR count). The van der Waals surface area contributed by atoms with Gasteiger partial charge in [0.25, 0.3) is 5.91 Å². The molecule has 1 aliphatic heterocycles. The summed E-state index contributed by atoms with van der Waals surface area (Å²) < 4.78 is 29.4. The van der Waals surface area contributed by atoms with Crippen LogP contribution in [-0.2, 0) is 24.3 Å². The molecule has 0 bridgehead atoms. The molecule has 3 heterocycles. The number of carbonyl (C=O) groups is 3. The predicted molar refractivity (Wildman–Crippen MR) is 145 cm³/mol. The second-order valence-electron chi connectivity index (χ2n) is 9.17. The minimum atomic E-state index is -3.49. The van der Waals surface area contributed by atoms with Gasteiger partial charge in [-0.2, -0.15) is 0 Å². The lowest BCUT2D eigenvalue weighted by Crippen LogP contribution is -2.43. The Morgan fingerprint density at radius 2 is 2.03 bits per heavy atom. The zero-order chi connectivity index (χ0) is 27.4.